The smallest absolute Gasteiger partial charge is 0.412 e. The van der Waals surface area contributed by atoms with Gasteiger partial charge in [0.05, 0.1) is 6.61 Å². The van der Waals surface area contributed by atoms with Crippen LogP contribution in [0.15, 0.2) is 42.5 Å². The van der Waals surface area contributed by atoms with E-state index in [4.69, 9.17) is 24.1 Å². The van der Waals surface area contributed by atoms with E-state index >= 15 is 0 Å². The van der Waals surface area contributed by atoms with Gasteiger partial charge in [0.15, 0.2) is 11.5 Å². The van der Waals surface area contributed by atoms with Crippen LogP contribution in [0.1, 0.15) is 25.0 Å². The monoisotopic (exact) mass is 403 g/mol. The molecular formula is C21H25NO7. The highest BCUT2D eigenvalue weighted by atomic mass is 16.7. The Morgan fingerprint density at radius 3 is 2.72 bits per heavy atom. The van der Waals surface area contributed by atoms with E-state index in [9.17, 15) is 9.90 Å². The van der Waals surface area contributed by atoms with E-state index in [0.29, 0.717) is 34.9 Å². The Balaban J connectivity index is 1.76. The van der Waals surface area contributed by atoms with Gasteiger partial charge in [-0.15, -0.1) is 0 Å². The molecule has 156 valence electrons. The number of hydrogen-bond donors (Lipinski definition) is 3. The van der Waals surface area contributed by atoms with Crippen molar-refractivity contribution < 1.29 is 34.0 Å². The predicted octanol–water partition coefficient (Wildman–Crippen LogP) is 3.09. The lowest BCUT2D eigenvalue weighted by Crippen LogP contribution is -2.23. The number of nitrogens with one attached hydrogen (secondary N) is 1. The summed E-state index contributed by atoms with van der Waals surface area (Å²) < 4.78 is 21.9. The number of carbonyl (C=O) groups excluding carboxylic acids is 1. The van der Waals surface area contributed by atoms with Crippen LogP contribution in [-0.4, -0.2) is 42.9 Å². The summed E-state index contributed by atoms with van der Waals surface area (Å²) in [7, 11) is 0. The zero-order valence-corrected chi connectivity index (χ0v) is 16.2. The highest BCUT2D eigenvalue weighted by Crippen LogP contribution is 2.36. The minimum absolute atomic E-state index is 0.0372. The molecule has 0 aliphatic carbocycles. The van der Waals surface area contributed by atoms with Crippen molar-refractivity contribution in [3.8, 4) is 17.2 Å². The van der Waals surface area contributed by atoms with E-state index < -0.39 is 12.2 Å². The average Bonchev–Trinajstić information content (AvgIpc) is 3.19. The predicted molar refractivity (Wildman–Crippen MR) is 105 cm³/mol. The molecule has 0 radical (unpaired) electrons. The molecule has 3 N–H and O–H groups in total. The second kappa shape index (κ2) is 9.99. The van der Waals surface area contributed by atoms with Crippen molar-refractivity contribution in [2.75, 3.05) is 31.9 Å². The van der Waals surface area contributed by atoms with Crippen molar-refractivity contribution in [1.82, 2.24) is 0 Å². The van der Waals surface area contributed by atoms with Crippen LogP contribution in [-0.2, 0) is 4.74 Å². The van der Waals surface area contributed by atoms with Crippen molar-refractivity contribution in [3.63, 3.8) is 0 Å². The Labute approximate surface area is 169 Å². The zero-order chi connectivity index (χ0) is 20.6. The lowest BCUT2D eigenvalue weighted by molar-refractivity contribution is 0.0641. The minimum Gasteiger partial charge on any atom is -0.491 e. The molecule has 0 fully saturated rings. The Morgan fingerprint density at radius 1 is 1.14 bits per heavy atom. The largest absolute Gasteiger partial charge is 0.491 e. The number of benzene rings is 2. The molecule has 2 atom stereocenters. The second-order valence-corrected chi connectivity index (χ2v) is 6.62. The van der Waals surface area contributed by atoms with Gasteiger partial charge in [0.2, 0.25) is 6.79 Å². The van der Waals surface area contributed by atoms with Crippen molar-refractivity contribution in [3.05, 3.63) is 48.0 Å². The highest BCUT2D eigenvalue weighted by molar-refractivity contribution is 5.85. The molecule has 1 aliphatic heterocycles. The van der Waals surface area contributed by atoms with E-state index in [0.717, 1.165) is 0 Å². The van der Waals surface area contributed by atoms with Crippen molar-refractivity contribution in [2.45, 2.75) is 19.4 Å². The third kappa shape index (κ3) is 5.30. The number of ether oxygens (including phenoxy) is 4. The molecule has 0 unspecified atom stereocenters. The molecule has 3 rings (SSSR count). The Kier molecular flexibility index (Phi) is 7.15. The molecular weight excluding hydrogens is 378 g/mol. The number of para-hydroxylation sites is 1. The Hall–Kier alpha value is -2.97. The summed E-state index contributed by atoms with van der Waals surface area (Å²) >= 11 is 0. The summed E-state index contributed by atoms with van der Waals surface area (Å²) in [5.41, 5.74) is 1.18. The maximum absolute atomic E-state index is 12.6. The topological polar surface area (TPSA) is 106 Å². The van der Waals surface area contributed by atoms with Crippen LogP contribution in [0.25, 0.3) is 0 Å². The third-order valence-electron chi connectivity index (χ3n) is 4.53. The van der Waals surface area contributed by atoms with Gasteiger partial charge < -0.3 is 29.2 Å². The molecule has 0 saturated carbocycles. The number of aliphatic hydroxyl groups excluding tert-OH is 2. The van der Waals surface area contributed by atoms with Crippen molar-refractivity contribution in [1.29, 1.82) is 0 Å². The van der Waals surface area contributed by atoms with Crippen LogP contribution in [0.3, 0.4) is 0 Å². The summed E-state index contributed by atoms with van der Waals surface area (Å²) in [6.07, 6.45) is -0.849. The van der Waals surface area contributed by atoms with Crippen LogP contribution in [0.2, 0.25) is 0 Å². The number of hydrogen-bond acceptors (Lipinski definition) is 7. The van der Waals surface area contributed by atoms with Gasteiger partial charge in [0.25, 0.3) is 0 Å². The zero-order valence-electron chi connectivity index (χ0n) is 16.2. The molecule has 8 nitrogen and oxygen atoms in total. The number of aliphatic hydroxyl groups is 2. The maximum Gasteiger partial charge on any atom is 0.412 e. The summed E-state index contributed by atoms with van der Waals surface area (Å²) in [4.78, 5) is 12.6. The van der Waals surface area contributed by atoms with Crippen molar-refractivity contribution >= 4 is 11.8 Å². The number of amides is 1. The van der Waals surface area contributed by atoms with Gasteiger partial charge in [0.1, 0.15) is 18.5 Å². The van der Waals surface area contributed by atoms with Crippen LogP contribution in [0.4, 0.5) is 10.5 Å². The van der Waals surface area contributed by atoms with E-state index in [1.807, 2.05) is 13.0 Å². The fraction of sp³-hybridized carbons (Fsp3) is 0.381. The van der Waals surface area contributed by atoms with E-state index in [1.54, 1.807) is 36.4 Å². The third-order valence-corrected chi connectivity index (χ3v) is 4.53. The molecule has 1 amide bonds. The molecule has 2 aromatic carbocycles. The van der Waals surface area contributed by atoms with Gasteiger partial charge in [0, 0.05) is 23.9 Å². The first-order chi connectivity index (χ1) is 14.1. The first-order valence-electron chi connectivity index (χ1n) is 9.43. The van der Waals surface area contributed by atoms with Gasteiger partial charge in [-0.2, -0.15) is 0 Å². The van der Waals surface area contributed by atoms with Gasteiger partial charge in [-0.1, -0.05) is 25.1 Å². The molecule has 2 aromatic rings. The minimum atomic E-state index is -0.647. The first-order valence-corrected chi connectivity index (χ1v) is 9.43. The molecule has 0 spiro atoms. The highest BCUT2D eigenvalue weighted by Gasteiger charge is 2.27. The molecule has 0 bridgehead atoms. The summed E-state index contributed by atoms with van der Waals surface area (Å²) in [6, 6.07) is 12.2. The van der Waals surface area contributed by atoms with Crippen LogP contribution in [0.5, 0.6) is 17.2 Å². The number of carbonyl (C=O) groups is 1. The quantitative estimate of drug-likeness (QED) is 0.591. The second-order valence-electron chi connectivity index (χ2n) is 6.62. The maximum atomic E-state index is 12.6. The van der Waals surface area contributed by atoms with Crippen LogP contribution < -0.4 is 19.5 Å². The summed E-state index contributed by atoms with van der Waals surface area (Å²) in [5.74, 6) is 1.53. The van der Waals surface area contributed by atoms with E-state index in [2.05, 4.69) is 5.32 Å². The van der Waals surface area contributed by atoms with Gasteiger partial charge in [-0.25, -0.2) is 4.79 Å². The van der Waals surface area contributed by atoms with Crippen LogP contribution in [0, 0.1) is 5.92 Å². The average molecular weight is 403 g/mol. The Morgan fingerprint density at radius 2 is 1.93 bits per heavy atom. The number of rotatable bonds is 9. The molecule has 0 saturated heterocycles. The molecule has 29 heavy (non-hydrogen) atoms. The Bertz CT molecular complexity index is 826. The van der Waals surface area contributed by atoms with Gasteiger partial charge in [-0.05, 0) is 30.5 Å². The van der Waals surface area contributed by atoms with Crippen molar-refractivity contribution in [2.24, 2.45) is 5.92 Å². The lowest BCUT2D eigenvalue weighted by Gasteiger charge is -2.26. The number of fused-ring (bicyclic) bond motifs is 1. The van der Waals surface area contributed by atoms with Crippen LogP contribution >= 0.6 is 0 Å². The fourth-order valence-electron chi connectivity index (χ4n) is 3.08. The summed E-state index contributed by atoms with van der Waals surface area (Å²) in [5, 5.41) is 21.1. The standard InChI is InChI=1S/C21H25NO7/c1-14(8-9-23)20(16-4-2-3-5-17(16)26-11-10-24)29-21(25)22-15-6-7-18-19(12-15)28-13-27-18/h2-7,12,14,20,23-24H,8-11,13H2,1H3,(H,22,25)/t14-,20-/m1/s1. The van der Waals surface area contributed by atoms with E-state index in [1.165, 1.54) is 0 Å². The van der Waals surface area contributed by atoms with E-state index in [-0.39, 0.29) is 32.5 Å². The van der Waals surface area contributed by atoms with Gasteiger partial charge >= 0.3 is 6.09 Å². The lowest BCUT2D eigenvalue weighted by atomic mass is 9.94. The fourth-order valence-corrected chi connectivity index (χ4v) is 3.08. The molecule has 8 heteroatoms. The number of anilines is 1. The molecule has 1 aliphatic rings. The summed E-state index contributed by atoms with van der Waals surface area (Å²) in [6.45, 7) is 1.99. The molecule has 0 aromatic heterocycles. The SMILES string of the molecule is C[C@H](CCO)[C@@H](OC(=O)Nc1ccc2c(c1)OCO2)c1ccccc1OCCO. The molecule has 1 heterocycles. The normalized spacial score (nSPS) is 14.2. The first kappa shape index (κ1) is 20.8. The van der Waals surface area contributed by atoms with Gasteiger partial charge in [-0.3, -0.25) is 5.32 Å².